The smallest absolute Gasteiger partial charge is 0.133 e. The van der Waals surface area contributed by atoms with Gasteiger partial charge >= 0.3 is 0 Å². The summed E-state index contributed by atoms with van der Waals surface area (Å²) in [4.78, 5) is 2.19. The highest BCUT2D eigenvalue weighted by molar-refractivity contribution is 8.10. The molecule has 0 fully saturated rings. The third-order valence-corrected chi connectivity index (χ3v) is 3.11. The van der Waals surface area contributed by atoms with Crippen molar-refractivity contribution in [1.82, 2.24) is 4.90 Å². The van der Waals surface area contributed by atoms with Gasteiger partial charge in [-0.2, -0.15) is 0 Å². The first kappa shape index (κ1) is 15.2. The summed E-state index contributed by atoms with van der Waals surface area (Å²) >= 11 is 9.35. The van der Waals surface area contributed by atoms with Gasteiger partial charge in [0.15, 0.2) is 0 Å². The maximum Gasteiger partial charge on any atom is 0.133 e. The summed E-state index contributed by atoms with van der Waals surface area (Å²) in [6.45, 7) is 7.64. The van der Waals surface area contributed by atoms with Gasteiger partial charge in [0.2, 0.25) is 0 Å². The van der Waals surface area contributed by atoms with E-state index in [1.807, 2.05) is 0 Å². The van der Waals surface area contributed by atoms with E-state index in [0.29, 0.717) is 6.04 Å². The summed E-state index contributed by atoms with van der Waals surface area (Å²) in [6.07, 6.45) is 7.99. The van der Waals surface area contributed by atoms with Crippen LogP contribution in [0.2, 0.25) is 0 Å². The first-order valence-electron chi connectivity index (χ1n) is 6.09. The average Bonchev–Trinajstić information content (AvgIpc) is 2.15. The molecule has 0 spiro atoms. The van der Waals surface area contributed by atoms with E-state index in [1.165, 1.54) is 38.5 Å². The first-order valence-corrected chi connectivity index (χ1v) is 6.94. The van der Waals surface area contributed by atoms with Crippen molar-refractivity contribution in [3.05, 3.63) is 0 Å². The van der Waals surface area contributed by atoms with Crippen LogP contribution < -0.4 is 0 Å². The topological polar surface area (TPSA) is 3.24 Å². The van der Waals surface area contributed by atoms with E-state index in [1.54, 1.807) is 0 Å². The van der Waals surface area contributed by atoms with Crippen molar-refractivity contribution < 1.29 is 0 Å². The zero-order valence-electron chi connectivity index (χ0n) is 10.3. The summed E-state index contributed by atoms with van der Waals surface area (Å²) in [5.41, 5.74) is 0. The SMILES string of the molecule is CCCCCCCCN(C(=S)S)C(C)C. The number of thiocarbonyl (C=S) groups is 1. The summed E-state index contributed by atoms with van der Waals surface area (Å²) in [6, 6.07) is 0.477. The molecule has 15 heavy (non-hydrogen) atoms. The standard InChI is InChI=1S/C12H25NS2/c1-4-5-6-7-8-9-10-13(11(2)3)12(14)15/h11H,4-10H2,1-3H3,(H,14,15). The molecule has 0 aromatic carbocycles. The van der Waals surface area contributed by atoms with Crippen LogP contribution in [0.3, 0.4) is 0 Å². The molecule has 1 nitrogen and oxygen atoms in total. The van der Waals surface area contributed by atoms with Gasteiger partial charge in [0.25, 0.3) is 0 Å². The molecule has 0 rings (SSSR count). The van der Waals surface area contributed by atoms with Crippen LogP contribution in [-0.4, -0.2) is 21.8 Å². The molecule has 0 saturated carbocycles. The lowest BCUT2D eigenvalue weighted by Crippen LogP contribution is -2.33. The van der Waals surface area contributed by atoms with Gasteiger partial charge in [-0.1, -0.05) is 51.2 Å². The molecule has 0 amide bonds. The Labute approximate surface area is 106 Å². The van der Waals surface area contributed by atoms with E-state index in [2.05, 4.69) is 38.3 Å². The van der Waals surface area contributed by atoms with Gasteiger partial charge in [-0.05, 0) is 20.3 Å². The van der Waals surface area contributed by atoms with Gasteiger partial charge in [0.05, 0.1) is 0 Å². The average molecular weight is 247 g/mol. The Morgan fingerprint density at radius 2 is 1.67 bits per heavy atom. The predicted molar refractivity (Wildman–Crippen MR) is 76.8 cm³/mol. The lowest BCUT2D eigenvalue weighted by atomic mass is 10.1. The van der Waals surface area contributed by atoms with E-state index in [4.69, 9.17) is 12.2 Å². The molecule has 90 valence electrons. The van der Waals surface area contributed by atoms with E-state index in [-0.39, 0.29) is 0 Å². The summed E-state index contributed by atoms with van der Waals surface area (Å²) in [5.74, 6) is 0. The number of hydrogen-bond donors (Lipinski definition) is 1. The minimum absolute atomic E-state index is 0.477. The molecular formula is C12H25NS2. The molecule has 0 aliphatic carbocycles. The van der Waals surface area contributed by atoms with Gasteiger partial charge in [0.1, 0.15) is 4.32 Å². The normalized spacial score (nSPS) is 10.7. The molecule has 3 heteroatoms. The van der Waals surface area contributed by atoms with E-state index >= 15 is 0 Å². The van der Waals surface area contributed by atoms with Crippen LogP contribution >= 0.6 is 24.8 Å². The number of thiol groups is 1. The Morgan fingerprint density at radius 1 is 1.13 bits per heavy atom. The highest BCUT2D eigenvalue weighted by Crippen LogP contribution is 2.09. The zero-order chi connectivity index (χ0) is 11.7. The fraction of sp³-hybridized carbons (Fsp3) is 0.917. The first-order chi connectivity index (χ1) is 7.09. The molecule has 0 aliphatic heterocycles. The number of nitrogens with zero attached hydrogens (tertiary/aromatic N) is 1. The van der Waals surface area contributed by atoms with Gasteiger partial charge in [-0.15, -0.1) is 12.6 Å². The van der Waals surface area contributed by atoms with Crippen LogP contribution in [0.1, 0.15) is 59.3 Å². The molecule has 0 radical (unpaired) electrons. The van der Waals surface area contributed by atoms with Crippen molar-refractivity contribution in [3.63, 3.8) is 0 Å². The number of hydrogen-bond acceptors (Lipinski definition) is 1. The van der Waals surface area contributed by atoms with Gasteiger partial charge in [-0.3, -0.25) is 0 Å². The second-order valence-electron chi connectivity index (χ2n) is 4.34. The van der Waals surface area contributed by atoms with Crippen molar-refractivity contribution in [2.75, 3.05) is 6.54 Å². The molecule has 0 aliphatic rings. The Balaban J connectivity index is 3.50. The monoisotopic (exact) mass is 247 g/mol. The summed E-state index contributed by atoms with van der Waals surface area (Å²) < 4.78 is 0.735. The fourth-order valence-electron chi connectivity index (χ4n) is 1.64. The quantitative estimate of drug-likeness (QED) is 0.387. The van der Waals surface area contributed by atoms with Crippen molar-refractivity contribution in [1.29, 1.82) is 0 Å². The zero-order valence-corrected chi connectivity index (χ0v) is 12.0. The number of rotatable bonds is 8. The lowest BCUT2D eigenvalue weighted by molar-refractivity contribution is 0.350. The molecule has 0 atom stereocenters. The minimum Gasteiger partial charge on any atom is -0.355 e. The highest BCUT2D eigenvalue weighted by atomic mass is 32.1. The van der Waals surface area contributed by atoms with E-state index < -0.39 is 0 Å². The predicted octanol–water partition coefficient (Wildman–Crippen LogP) is 4.27. The minimum atomic E-state index is 0.477. The highest BCUT2D eigenvalue weighted by Gasteiger charge is 2.09. The van der Waals surface area contributed by atoms with Crippen LogP contribution in [0.5, 0.6) is 0 Å². The summed E-state index contributed by atoms with van der Waals surface area (Å²) in [7, 11) is 0. The molecule has 0 unspecified atom stereocenters. The fourth-order valence-corrected chi connectivity index (χ4v) is 2.27. The molecule has 0 saturated heterocycles. The Hall–Kier alpha value is 0.240. The Bertz CT molecular complexity index is 169. The maximum atomic E-state index is 5.10. The molecular weight excluding hydrogens is 222 g/mol. The van der Waals surface area contributed by atoms with Gasteiger partial charge in [0, 0.05) is 12.6 Å². The van der Waals surface area contributed by atoms with Gasteiger partial charge < -0.3 is 4.90 Å². The molecule has 0 aromatic heterocycles. The maximum absolute atomic E-state index is 5.10. The van der Waals surface area contributed by atoms with Crippen molar-refractivity contribution >= 4 is 29.2 Å². The van der Waals surface area contributed by atoms with Crippen molar-refractivity contribution in [2.24, 2.45) is 0 Å². The van der Waals surface area contributed by atoms with Gasteiger partial charge in [-0.25, -0.2) is 0 Å². The molecule has 0 heterocycles. The van der Waals surface area contributed by atoms with Crippen molar-refractivity contribution in [3.8, 4) is 0 Å². The molecule has 0 aromatic rings. The second kappa shape index (κ2) is 9.46. The Kier molecular flexibility index (Phi) is 9.62. The third kappa shape index (κ3) is 8.09. The van der Waals surface area contributed by atoms with Crippen LogP contribution in [0.4, 0.5) is 0 Å². The summed E-state index contributed by atoms with van der Waals surface area (Å²) in [5, 5.41) is 0. The van der Waals surface area contributed by atoms with Crippen molar-refractivity contribution in [2.45, 2.75) is 65.3 Å². The second-order valence-corrected chi connectivity index (χ2v) is 5.45. The van der Waals surface area contributed by atoms with E-state index in [9.17, 15) is 0 Å². The van der Waals surface area contributed by atoms with Crippen LogP contribution in [0, 0.1) is 0 Å². The molecule has 0 N–H and O–H groups in total. The lowest BCUT2D eigenvalue weighted by Gasteiger charge is -2.26. The molecule has 0 bridgehead atoms. The number of unbranched alkanes of at least 4 members (excludes halogenated alkanes) is 5. The van der Waals surface area contributed by atoms with Crippen LogP contribution in [0.15, 0.2) is 0 Å². The van der Waals surface area contributed by atoms with E-state index in [0.717, 1.165) is 10.9 Å². The third-order valence-electron chi connectivity index (χ3n) is 2.62. The largest absolute Gasteiger partial charge is 0.355 e. The Morgan fingerprint density at radius 3 is 2.13 bits per heavy atom. The van der Waals surface area contributed by atoms with Crippen LogP contribution in [0.25, 0.3) is 0 Å². The van der Waals surface area contributed by atoms with Crippen LogP contribution in [-0.2, 0) is 0 Å².